The number of carbonyl (C=O) groups is 1. The number of quaternary nitrogens is 1. The molecule has 2 saturated heterocycles. The average Bonchev–Trinajstić information content (AvgIpc) is 2.98. The maximum absolute atomic E-state index is 13.0. The van der Waals surface area contributed by atoms with Crippen LogP contribution < -0.4 is 11.1 Å². The second kappa shape index (κ2) is 12.6. The molecule has 2 aromatic carbocycles. The highest BCUT2D eigenvalue weighted by Crippen LogP contribution is 2.35. The van der Waals surface area contributed by atoms with Crippen molar-refractivity contribution in [1.29, 1.82) is 0 Å². The summed E-state index contributed by atoms with van der Waals surface area (Å²) in [5.74, 6) is 0.867. The predicted octanol–water partition coefficient (Wildman–Crippen LogP) is 2.81. The summed E-state index contributed by atoms with van der Waals surface area (Å²) in [6, 6.07) is 14.9. The molecule has 10 heteroatoms. The van der Waals surface area contributed by atoms with E-state index in [-0.39, 0.29) is 17.9 Å². The first-order valence-corrected chi connectivity index (χ1v) is 14.5. The third-order valence-electron chi connectivity index (χ3n) is 8.32. The average molecular weight is 577 g/mol. The van der Waals surface area contributed by atoms with Crippen LogP contribution in [0.3, 0.4) is 0 Å². The number of amides is 1. The molecule has 2 aromatic rings. The van der Waals surface area contributed by atoms with Crippen molar-refractivity contribution in [2.75, 3.05) is 40.3 Å². The van der Waals surface area contributed by atoms with Crippen molar-refractivity contribution in [3.8, 4) is 0 Å². The summed E-state index contributed by atoms with van der Waals surface area (Å²) in [6.45, 7) is 3.33. The van der Waals surface area contributed by atoms with Crippen molar-refractivity contribution >= 4 is 35.0 Å². The van der Waals surface area contributed by atoms with E-state index in [9.17, 15) is 9.90 Å². The highest BCUT2D eigenvalue weighted by Gasteiger charge is 2.36. The first-order chi connectivity index (χ1) is 19.7. The molecule has 0 aromatic heterocycles. The molecule has 0 atom stereocenters. The molecule has 0 aliphatic carbocycles. The number of piperidine rings is 2. The second-order valence-corrected chi connectivity index (χ2v) is 11.5. The van der Waals surface area contributed by atoms with E-state index >= 15 is 0 Å². The fourth-order valence-corrected chi connectivity index (χ4v) is 5.91. The molecule has 0 saturated carbocycles. The summed E-state index contributed by atoms with van der Waals surface area (Å²) in [4.78, 5) is 28.5. The van der Waals surface area contributed by atoms with Crippen LogP contribution in [0.1, 0.15) is 41.6 Å². The number of halogens is 1. The van der Waals surface area contributed by atoms with Gasteiger partial charge in [0.1, 0.15) is 5.70 Å². The molecule has 9 nitrogen and oxygen atoms in total. The fourth-order valence-electron chi connectivity index (χ4n) is 5.72. The Kier molecular flexibility index (Phi) is 8.89. The lowest BCUT2D eigenvalue weighted by atomic mass is 9.84. The standard InChI is InChI=1S/C31H38ClN7O2/c1-37-17-12-26(13-18-37)38(2)29(40)22-8-10-25(11-9-22)35-30(33)36-28-27(7-4-16-34-28)39-19-14-31(41,15-20-39)23-5-3-6-24(32)21-23/h3-11,16,21,26,41H,12-15,17-20H2,1-2H3,(H3,33,34,35,36)/p+1. The van der Waals surface area contributed by atoms with Gasteiger partial charge in [-0.3, -0.25) is 10.1 Å². The van der Waals surface area contributed by atoms with Gasteiger partial charge in [0.15, 0.2) is 0 Å². The van der Waals surface area contributed by atoms with E-state index in [1.165, 1.54) is 0 Å². The summed E-state index contributed by atoms with van der Waals surface area (Å²) in [7, 11) is 4.00. The van der Waals surface area contributed by atoms with Gasteiger partial charge in [-0.1, -0.05) is 23.7 Å². The van der Waals surface area contributed by atoms with Crippen LogP contribution in [0.15, 0.2) is 82.6 Å². The number of amidine groups is 1. The number of aliphatic hydroxyl groups is 1. The van der Waals surface area contributed by atoms with Crippen molar-refractivity contribution in [1.82, 2.24) is 14.7 Å². The molecule has 3 aliphatic rings. The summed E-state index contributed by atoms with van der Waals surface area (Å²) in [5, 5.41) is 13.8. The van der Waals surface area contributed by atoms with Gasteiger partial charge in [0.25, 0.3) is 11.7 Å². The Bertz CT molecular complexity index is 1370. The molecule has 3 aliphatic heterocycles. The van der Waals surface area contributed by atoms with Gasteiger partial charge in [0, 0.05) is 36.8 Å². The number of benzene rings is 2. The molecule has 2 fully saturated rings. The largest absolute Gasteiger partial charge is 0.385 e. The van der Waals surface area contributed by atoms with Crippen molar-refractivity contribution < 1.29 is 15.2 Å². The van der Waals surface area contributed by atoms with Crippen molar-refractivity contribution in [3.05, 3.63) is 88.7 Å². The quantitative estimate of drug-likeness (QED) is 0.374. The molecule has 41 heavy (non-hydrogen) atoms. The van der Waals surface area contributed by atoms with E-state index in [0.717, 1.165) is 37.2 Å². The number of nitrogens with zero attached hydrogens (tertiary/aromatic N) is 5. The number of allylic oxidation sites excluding steroid dienone is 2. The molecule has 5 N–H and O–H groups in total. The van der Waals surface area contributed by atoms with E-state index in [2.05, 4.69) is 26.8 Å². The van der Waals surface area contributed by atoms with Crippen LogP contribution in [-0.2, 0) is 5.60 Å². The minimum atomic E-state index is -0.913. The smallest absolute Gasteiger partial charge is 0.256 e. The summed E-state index contributed by atoms with van der Waals surface area (Å²) < 4.78 is 0. The van der Waals surface area contributed by atoms with Crippen LogP contribution >= 0.6 is 11.6 Å². The van der Waals surface area contributed by atoms with Crippen LogP contribution in [0.5, 0.6) is 0 Å². The fraction of sp³-hybridized carbons (Fsp3) is 0.387. The predicted molar refractivity (Wildman–Crippen MR) is 163 cm³/mol. The highest BCUT2D eigenvalue weighted by molar-refractivity contribution is 6.30. The lowest BCUT2D eigenvalue weighted by molar-refractivity contribution is -0.462. The van der Waals surface area contributed by atoms with E-state index in [1.807, 2.05) is 59.9 Å². The van der Waals surface area contributed by atoms with E-state index in [1.54, 1.807) is 24.3 Å². The normalized spacial score (nSPS) is 21.2. The number of likely N-dealkylation sites (tertiary alicyclic amines) is 2. The van der Waals surface area contributed by atoms with Gasteiger partial charge in [-0.25, -0.2) is 4.99 Å². The Morgan fingerprint density at radius 3 is 2.51 bits per heavy atom. The molecule has 3 heterocycles. The molecule has 0 radical (unpaired) electrons. The Morgan fingerprint density at radius 2 is 1.83 bits per heavy atom. The zero-order valence-electron chi connectivity index (χ0n) is 23.7. The zero-order valence-corrected chi connectivity index (χ0v) is 24.5. The Balaban J connectivity index is 1.23. The van der Waals surface area contributed by atoms with Crippen LogP contribution in [0.2, 0.25) is 5.02 Å². The Hall–Kier alpha value is -3.50. The molecule has 0 unspecified atom stereocenters. The van der Waals surface area contributed by atoms with Crippen molar-refractivity contribution in [3.63, 3.8) is 0 Å². The first kappa shape index (κ1) is 29.0. The molecule has 1 amide bonds. The number of guanidine groups is 1. The van der Waals surface area contributed by atoms with Crippen molar-refractivity contribution in [2.45, 2.75) is 37.3 Å². The lowest BCUT2D eigenvalue weighted by Gasteiger charge is -2.40. The van der Waals surface area contributed by atoms with Gasteiger partial charge in [0.2, 0.25) is 5.96 Å². The van der Waals surface area contributed by atoms with Gasteiger partial charge in [-0.2, -0.15) is 4.99 Å². The highest BCUT2D eigenvalue weighted by atomic mass is 35.5. The van der Waals surface area contributed by atoms with Crippen LogP contribution in [0.25, 0.3) is 0 Å². The summed E-state index contributed by atoms with van der Waals surface area (Å²) >= 11 is 6.17. The third kappa shape index (κ3) is 6.87. The van der Waals surface area contributed by atoms with Crippen molar-refractivity contribution in [2.24, 2.45) is 15.7 Å². The number of hydrogen-bond donors (Lipinski definition) is 3. The summed E-state index contributed by atoms with van der Waals surface area (Å²) in [5.41, 5.74) is 8.40. The molecular weight excluding hydrogens is 538 g/mol. The first-order valence-electron chi connectivity index (χ1n) is 14.2. The second-order valence-electron chi connectivity index (χ2n) is 11.1. The van der Waals surface area contributed by atoms with E-state index in [0.29, 0.717) is 48.0 Å². The van der Waals surface area contributed by atoms with Crippen LogP contribution in [-0.4, -0.2) is 83.8 Å². The summed E-state index contributed by atoms with van der Waals surface area (Å²) in [6.07, 6.45) is 9.02. The molecule has 216 valence electrons. The van der Waals surface area contributed by atoms with Gasteiger partial charge < -0.3 is 25.5 Å². The monoisotopic (exact) mass is 576 g/mol. The maximum atomic E-state index is 13.0. The van der Waals surface area contributed by atoms with Gasteiger partial charge >= 0.3 is 0 Å². The number of carbonyl (C=O) groups excluding carboxylic acids is 1. The number of rotatable bonds is 5. The maximum Gasteiger partial charge on any atom is 0.256 e. The molecule has 5 rings (SSSR count). The Morgan fingerprint density at radius 1 is 1.12 bits per heavy atom. The SMILES string of the molecule is CN1CCC(N(C)C(=O)c2ccc(N=C(N)/N=C3\[NH2+]C=CC=C3N3CCC(O)(c4cccc(Cl)c4)CC3)cc2)CC1. The molecular formula is C31H39ClN7O2+. The van der Waals surface area contributed by atoms with E-state index < -0.39 is 5.60 Å². The van der Waals surface area contributed by atoms with Crippen LogP contribution in [0.4, 0.5) is 5.69 Å². The number of nitrogens with two attached hydrogens (primary N) is 2. The molecule has 0 spiro atoms. The lowest BCUT2D eigenvalue weighted by Crippen LogP contribution is -2.84. The van der Waals surface area contributed by atoms with Gasteiger partial charge in [-0.05, 0) is 99.9 Å². The van der Waals surface area contributed by atoms with E-state index in [4.69, 9.17) is 17.3 Å². The zero-order chi connectivity index (χ0) is 29.0. The number of hydrogen-bond acceptors (Lipinski definition) is 5. The third-order valence-corrected chi connectivity index (χ3v) is 8.56. The minimum absolute atomic E-state index is 0.0189. The van der Waals surface area contributed by atoms with Crippen LogP contribution in [0, 0.1) is 0 Å². The molecule has 0 bridgehead atoms. The Labute approximate surface area is 246 Å². The number of aliphatic imine (C=N–C) groups is 2. The topological polar surface area (TPSA) is 114 Å². The van der Waals surface area contributed by atoms with Gasteiger partial charge in [-0.15, -0.1) is 0 Å². The van der Waals surface area contributed by atoms with Gasteiger partial charge in [0.05, 0.1) is 17.5 Å². The minimum Gasteiger partial charge on any atom is -0.385 e.